The first-order chi connectivity index (χ1) is 14.7. The SMILES string of the molecule is COC(=O)c1ccc(CCc2cccc(CCc3ccc4c(c3)OCCO4)c2)cc1. The van der Waals surface area contributed by atoms with Crippen LogP contribution in [-0.4, -0.2) is 26.3 Å². The van der Waals surface area contributed by atoms with Gasteiger partial charge in [-0.1, -0.05) is 42.5 Å². The maximum atomic E-state index is 11.5. The molecule has 0 aliphatic carbocycles. The molecule has 0 bridgehead atoms. The summed E-state index contributed by atoms with van der Waals surface area (Å²) in [5.74, 6) is 1.39. The molecule has 30 heavy (non-hydrogen) atoms. The molecule has 154 valence electrons. The van der Waals surface area contributed by atoms with E-state index < -0.39 is 0 Å². The maximum absolute atomic E-state index is 11.5. The smallest absolute Gasteiger partial charge is 0.337 e. The molecule has 4 heteroatoms. The number of carbonyl (C=O) groups is 1. The number of hydrogen-bond donors (Lipinski definition) is 0. The van der Waals surface area contributed by atoms with E-state index in [4.69, 9.17) is 14.2 Å². The molecule has 4 rings (SSSR count). The van der Waals surface area contributed by atoms with Crippen molar-refractivity contribution in [2.24, 2.45) is 0 Å². The van der Waals surface area contributed by atoms with Gasteiger partial charge in [0.25, 0.3) is 0 Å². The van der Waals surface area contributed by atoms with Gasteiger partial charge in [0.2, 0.25) is 0 Å². The number of carbonyl (C=O) groups excluding carboxylic acids is 1. The van der Waals surface area contributed by atoms with E-state index in [0.29, 0.717) is 18.8 Å². The standard InChI is InChI=1S/C26H26O4/c1-28-26(27)23-12-9-19(10-13-23)5-6-20-3-2-4-21(17-20)7-8-22-11-14-24-25(18-22)30-16-15-29-24/h2-4,9-14,17-18H,5-8,15-16H2,1H3. The Kier molecular flexibility index (Phi) is 6.33. The molecule has 0 fully saturated rings. The van der Waals surface area contributed by atoms with E-state index in [9.17, 15) is 4.79 Å². The number of rotatable bonds is 7. The van der Waals surface area contributed by atoms with E-state index in [1.807, 2.05) is 30.3 Å². The molecule has 3 aromatic carbocycles. The molecule has 4 nitrogen and oxygen atoms in total. The lowest BCUT2D eigenvalue weighted by Gasteiger charge is -2.18. The number of fused-ring (bicyclic) bond motifs is 1. The maximum Gasteiger partial charge on any atom is 0.337 e. The molecule has 1 aliphatic heterocycles. The van der Waals surface area contributed by atoms with Gasteiger partial charge in [-0.15, -0.1) is 0 Å². The fraction of sp³-hybridized carbons (Fsp3) is 0.269. The monoisotopic (exact) mass is 402 g/mol. The van der Waals surface area contributed by atoms with Gasteiger partial charge in [0.05, 0.1) is 12.7 Å². The summed E-state index contributed by atoms with van der Waals surface area (Å²) in [4.78, 5) is 11.5. The zero-order valence-corrected chi connectivity index (χ0v) is 17.2. The molecular formula is C26H26O4. The second-order valence-electron chi connectivity index (χ2n) is 7.49. The molecular weight excluding hydrogens is 376 g/mol. The highest BCUT2D eigenvalue weighted by Gasteiger charge is 2.11. The van der Waals surface area contributed by atoms with Crippen molar-refractivity contribution in [3.05, 3.63) is 94.5 Å². The summed E-state index contributed by atoms with van der Waals surface area (Å²) in [6.07, 6.45) is 3.86. The van der Waals surface area contributed by atoms with Crippen LogP contribution in [0.3, 0.4) is 0 Å². The largest absolute Gasteiger partial charge is 0.486 e. The molecule has 0 saturated heterocycles. The zero-order chi connectivity index (χ0) is 20.8. The molecule has 0 atom stereocenters. The van der Waals surface area contributed by atoms with Gasteiger partial charge in [0.15, 0.2) is 11.5 Å². The molecule has 3 aromatic rings. The van der Waals surface area contributed by atoms with Crippen molar-refractivity contribution in [1.82, 2.24) is 0 Å². The Labute approximate surface area is 177 Å². The van der Waals surface area contributed by atoms with Crippen molar-refractivity contribution in [2.45, 2.75) is 25.7 Å². The lowest BCUT2D eigenvalue weighted by molar-refractivity contribution is 0.0600. The third-order valence-corrected chi connectivity index (χ3v) is 5.38. The summed E-state index contributed by atoms with van der Waals surface area (Å²) in [5, 5.41) is 0. The lowest BCUT2D eigenvalue weighted by Crippen LogP contribution is -2.15. The van der Waals surface area contributed by atoms with Crippen molar-refractivity contribution in [1.29, 1.82) is 0 Å². The first-order valence-corrected chi connectivity index (χ1v) is 10.3. The molecule has 0 N–H and O–H groups in total. The summed E-state index contributed by atoms with van der Waals surface area (Å²) in [6, 6.07) is 22.7. The molecule has 0 spiro atoms. The number of esters is 1. The Bertz CT molecular complexity index is 1010. The Balaban J connectivity index is 1.33. The number of hydrogen-bond acceptors (Lipinski definition) is 4. The predicted molar refractivity (Wildman–Crippen MR) is 116 cm³/mol. The fourth-order valence-electron chi connectivity index (χ4n) is 3.69. The Morgan fingerprint density at radius 3 is 1.97 bits per heavy atom. The van der Waals surface area contributed by atoms with Crippen molar-refractivity contribution in [3.63, 3.8) is 0 Å². The van der Waals surface area contributed by atoms with E-state index in [0.717, 1.165) is 37.2 Å². The van der Waals surface area contributed by atoms with Gasteiger partial charge in [-0.05, 0) is 72.2 Å². The third-order valence-electron chi connectivity index (χ3n) is 5.38. The first kappa shape index (κ1) is 20.0. The van der Waals surface area contributed by atoms with Crippen molar-refractivity contribution in [2.75, 3.05) is 20.3 Å². The van der Waals surface area contributed by atoms with E-state index in [-0.39, 0.29) is 5.97 Å². The summed E-state index contributed by atoms with van der Waals surface area (Å²) in [7, 11) is 1.40. The number of aryl methyl sites for hydroxylation is 4. The molecule has 0 amide bonds. The number of benzene rings is 3. The lowest BCUT2D eigenvalue weighted by atomic mass is 9.99. The van der Waals surface area contributed by atoms with Crippen LogP contribution in [0.1, 0.15) is 32.6 Å². The third kappa shape index (κ3) is 5.01. The van der Waals surface area contributed by atoms with Crippen LogP contribution in [0.4, 0.5) is 0 Å². The molecule has 0 saturated carbocycles. The van der Waals surface area contributed by atoms with Crippen LogP contribution in [0.25, 0.3) is 0 Å². The van der Waals surface area contributed by atoms with Crippen LogP contribution in [0, 0.1) is 0 Å². The second-order valence-corrected chi connectivity index (χ2v) is 7.49. The van der Waals surface area contributed by atoms with Gasteiger partial charge in [-0.3, -0.25) is 0 Å². The van der Waals surface area contributed by atoms with Crippen molar-refractivity contribution >= 4 is 5.97 Å². The summed E-state index contributed by atoms with van der Waals surface area (Å²) >= 11 is 0. The topological polar surface area (TPSA) is 44.8 Å². The van der Waals surface area contributed by atoms with Gasteiger partial charge < -0.3 is 14.2 Å². The summed E-state index contributed by atoms with van der Waals surface area (Å²) in [5.41, 5.74) is 5.72. The Morgan fingerprint density at radius 1 is 0.733 bits per heavy atom. The Morgan fingerprint density at radius 2 is 1.30 bits per heavy atom. The van der Waals surface area contributed by atoms with Crippen LogP contribution in [0.15, 0.2) is 66.7 Å². The van der Waals surface area contributed by atoms with Crippen molar-refractivity contribution in [3.8, 4) is 11.5 Å². The van der Waals surface area contributed by atoms with Gasteiger partial charge in [0.1, 0.15) is 13.2 Å². The van der Waals surface area contributed by atoms with E-state index in [1.165, 1.54) is 29.4 Å². The number of methoxy groups -OCH3 is 1. The van der Waals surface area contributed by atoms with Crippen LogP contribution >= 0.6 is 0 Å². The fourth-order valence-corrected chi connectivity index (χ4v) is 3.69. The minimum absolute atomic E-state index is 0.299. The predicted octanol–water partition coefficient (Wildman–Crippen LogP) is 4.81. The van der Waals surface area contributed by atoms with Gasteiger partial charge in [-0.25, -0.2) is 4.79 Å². The average molecular weight is 402 g/mol. The first-order valence-electron chi connectivity index (χ1n) is 10.3. The summed E-state index contributed by atoms with van der Waals surface area (Å²) in [6.45, 7) is 1.23. The average Bonchev–Trinajstić information content (AvgIpc) is 2.81. The Hall–Kier alpha value is -3.27. The quantitative estimate of drug-likeness (QED) is 0.532. The van der Waals surface area contributed by atoms with E-state index in [1.54, 1.807) is 0 Å². The van der Waals surface area contributed by atoms with E-state index in [2.05, 4.69) is 36.4 Å². The van der Waals surface area contributed by atoms with E-state index >= 15 is 0 Å². The minimum Gasteiger partial charge on any atom is -0.486 e. The van der Waals surface area contributed by atoms with Gasteiger partial charge in [-0.2, -0.15) is 0 Å². The second kappa shape index (κ2) is 9.49. The molecule has 1 heterocycles. The normalized spacial score (nSPS) is 12.4. The highest BCUT2D eigenvalue weighted by Crippen LogP contribution is 2.31. The van der Waals surface area contributed by atoms with Crippen LogP contribution in [0.5, 0.6) is 11.5 Å². The van der Waals surface area contributed by atoms with Gasteiger partial charge >= 0.3 is 5.97 Å². The van der Waals surface area contributed by atoms with Crippen LogP contribution in [-0.2, 0) is 30.4 Å². The molecule has 0 unspecified atom stereocenters. The number of ether oxygens (including phenoxy) is 3. The highest BCUT2D eigenvalue weighted by molar-refractivity contribution is 5.89. The van der Waals surface area contributed by atoms with Crippen molar-refractivity contribution < 1.29 is 19.0 Å². The zero-order valence-electron chi connectivity index (χ0n) is 17.2. The molecule has 0 radical (unpaired) electrons. The summed E-state index contributed by atoms with van der Waals surface area (Å²) < 4.78 is 16.0. The molecule has 1 aliphatic rings. The van der Waals surface area contributed by atoms with Crippen LogP contribution < -0.4 is 9.47 Å². The highest BCUT2D eigenvalue weighted by atomic mass is 16.6. The van der Waals surface area contributed by atoms with Gasteiger partial charge in [0, 0.05) is 0 Å². The molecule has 0 aromatic heterocycles. The minimum atomic E-state index is -0.299. The van der Waals surface area contributed by atoms with Crippen LogP contribution in [0.2, 0.25) is 0 Å².